The van der Waals surface area contributed by atoms with Gasteiger partial charge in [-0.15, -0.1) is 0 Å². The molecule has 0 amide bonds. The second kappa shape index (κ2) is 7.28. The molecule has 0 aromatic carbocycles. The lowest BCUT2D eigenvalue weighted by atomic mass is 9.90. The van der Waals surface area contributed by atoms with E-state index < -0.39 is 0 Å². The van der Waals surface area contributed by atoms with Crippen molar-refractivity contribution in [3.63, 3.8) is 0 Å². The second-order valence-corrected chi connectivity index (χ2v) is 5.60. The summed E-state index contributed by atoms with van der Waals surface area (Å²) in [5, 5.41) is 15.6. The van der Waals surface area contributed by atoms with E-state index in [9.17, 15) is 0 Å². The molecule has 0 saturated heterocycles. The summed E-state index contributed by atoms with van der Waals surface area (Å²) in [6.07, 6.45) is 1.83. The number of rotatable bonds is 8. The molecule has 1 rings (SSSR count). The maximum Gasteiger partial charge on any atom is 0.131 e. The first-order valence-electron chi connectivity index (χ1n) is 6.91. The van der Waals surface area contributed by atoms with Gasteiger partial charge in [0, 0.05) is 25.8 Å². The first-order chi connectivity index (χ1) is 8.96. The van der Waals surface area contributed by atoms with Crippen molar-refractivity contribution < 1.29 is 5.11 Å². The first-order valence-corrected chi connectivity index (χ1v) is 6.91. The summed E-state index contributed by atoms with van der Waals surface area (Å²) in [6.45, 7) is 10.2. The Labute approximate surface area is 115 Å². The first kappa shape index (κ1) is 15.7. The molecular formula is C14H26N4O. The number of aryl methyl sites for hydroxylation is 1. The molecule has 0 fully saturated rings. The summed E-state index contributed by atoms with van der Waals surface area (Å²) in [5.41, 5.74) is 0.0462. The van der Waals surface area contributed by atoms with Crippen molar-refractivity contribution in [2.45, 2.75) is 40.5 Å². The summed E-state index contributed by atoms with van der Waals surface area (Å²) in [7, 11) is 0. The number of nitrogens with zero attached hydrogens (tertiary/aromatic N) is 2. The van der Waals surface area contributed by atoms with Crippen LogP contribution in [0.25, 0.3) is 0 Å². The van der Waals surface area contributed by atoms with Crippen LogP contribution in [0.5, 0.6) is 0 Å². The van der Waals surface area contributed by atoms with Gasteiger partial charge in [-0.05, 0) is 25.2 Å². The molecule has 3 N–H and O–H groups in total. The SMILES string of the molecule is CCCNc1cc(NCC(C)(C)CCO)nc(C)n1. The fourth-order valence-corrected chi connectivity index (χ4v) is 1.72. The predicted octanol–water partition coefficient (Wildman–Crippen LogP) is 2.43. The molecule has 1 aromatic heterocycles. The molecule has 0 saturated carbocycles. The summed E-state index contributed by atoms with van der Waals surface area (Å²) in [6, 6.07) is 1.93. The standard InChI is InChI=1S/C14H26N4O/c1-5-7-15-12-9-13(18-11(2)17-12)16-10-14(3,4)6-8-19/h9,19H,5-8,10H2,1-4H3,(H2,15,16,17,18). The molecule has 0 unspecified atom stereocenters. The molecule has 108 valence electrons. The monoisotopic (exact) mass is 266 g/mol. The van der Waals surface area contributed by atoms with Crippen molar-refractivity contribution in [2.24, 2.45) is 5.41 Å². The lowest BCUT2D eigenvalue weighted by Gasteiger charge is -2.24. The smallest absolute Gasteiger partial charge is 0.131 e. The van der Waals surface area contributed by atoms with Crippen LogP contribution in [-0.2, 0) is 0 Å². The Morgan fingerprint density at radius 1 is 1.21 bits per heavy atom. The summed E-state index contributed by atoms with van der Waals surface area (Å²) in [5.74, 6) is 2.44. The van der Waals surface area contributed by atoms with Crippen LogP contribution in [0.2, 0.25) is 0 Å². The van der Waals surface area contributed by atoms with Gasteiger partial charge in [0.2, 0.25) is 0 Å². The van der Waals surface area contributed by atoms with Gasteiger partial charge in [0.25, 0.3) is 0 Å². The number of nitrogens with one attached hydrogen (secondary N) is 2. The van der Waals surface area contributed by atoms with Crippen LogP contribution in [0.1, 0.15) is 39.4 Å². The molecule has 0 aliphatic carbocycles. The molecule has 0 aliphatic heterocycles. The van der Waals surface area contributed by atoms with Gasteiger partial charge in [0.1, 0.15) is 17.5 Å². The van der Waals surface area contributed by atoms with E-state index >= 15 is 0 Å². The quantitative estimate of drug-likeness (QED) is 0.674. The minimum Gasteiger partial charge on any atom is -0.396 e. The molecule has 5 nitrogen and oxygen atoms in total. The van der Waals surface area contributed by atoms with Gasteiger partial charge in [-0.1, -0.05) is 20.8 Å². The van der Waals surface area contributed by atoms with Crippen LogP contribution >= 0.6 is 0 Å². The number of hydrogen-bond donors (Lipinski definition) is 3. The lowest BCUT2D eigenvalue weighted by molar-refractivity contribution is 0.220. The zero-order valence-electron chi connectivity index (χ0n) is 12.5. The number of aliphatic hydroxyl groups excluding tert-OH is 1. The fourth-order valence-electron chi connectivity index (χ4n) is 1.72. The Kier molecular flexibility index (Phi) is 6.02. The fraction of sp³-hybridized carbons (Fsp3) is 0.714. The van der Waals surface area contributed by atoms with Gasteiger partial charge in [-0.25, -0.2) is 9.97 Å². The van der Waals surface area contributed by atoms with Crippen molar-refractivity contribution in [2.75, 3.05) is 30.3 Å². The summed E-state index contributed by atoms with van der Waals surface area (Å²) in [4.78, 5) is 8.73. The van der Waals surface area contributed by atoms with E-state index in [0.717, 1.165) is 43.4 Å². The molecule has 0 bridgehead atoms. The third-order valence-corrected chi connectivity index (χ3v) is 2.93. The van der Waals surface area contributed by atoms with Crippen molar-refractivity contribution in [3.8, 4) is 0 Å². The van der Waals surface area contributed by atoms with E-state index in [-0.39, 0.29) is 12.0 Å². The average Bonchev–Trinajstić information content (AvgIpc) is 2.33. The predicted molar refractivity (Wildman–Crippen MR) is 79.5 cm³/mol. The van der Waals surface area contributed by atoms with Crippen LogP contribution in [0.15, 0.2) is 6.07 Å². The van der Waals surface area contributed by atoms with Crippen LogP contribution in [-0.4, -0.2) is 34.8 Å². The average molecular weight is 266 g/mol. The van der Waals surface area contributed by atoms with Gasteiger partial charge in [0.15, 0.2) is 0 Å². The van der Waals surface area contributed by atoms with Gasteiger partial charge in [0.05, 0.1) is 0 Å². The van der Waals surface area contributed by atoms with E-state index in [1.54, 1.807) is 0 Å². The molecule has 19 heavy (non-hydrogen) atoms. The second-order valence-electron chi connectivity index (χ2n) is 5.60. The molecule has 0 aliphatic rings. The van der Waals surface area contributed by atoms with Gasteiger partial charge in [-0.2, -0.15) is 0 Å². The normalized spacial score (nSPS) is 11.4. The van der Waals surface area contributed by atoms with Gasteiger partial charge >= 0.3 is 0 Å². The van der Waals surface area contributed by atoms with Crippen LogP contribution < -0.4 is 10.6 Å². The van der Waals surface area contributed by atoms with Gasteiger partial charge in [-0.3, -0.25) is 0 Å². The zero-order chi connectivity index (χ0) is 14.3. The molecule has 0 atom stereocenters. The lowest BCUT2D eigenvalue weighted by Crippen LogP contribution is -2.24. The molecular weight excluding hydrogens is 240 g/mol. The Morgan fingerprint density at radius 2 is 1.84 bits per heavy atom. The van der Waals surface area contributed by atoms with Crippen molar-refractivity contribution in [1.82, 2.24) is 9.97 Å². The third kappa shape index (κ3) is 5.87. The van der Waals surface area contributed by atoms with E-state index in [2.05, 4.69) is 41.4 Å². The van der Waals surface area contributed by atoms with Crippen molar-refractivity contribution >= 4 is 11.6 Å². The minimum absolute atomic E-state index is 0.0462. The number of aromatic nitrogens is 2. The Morgan fingerprint density at radius 3 is 2.42 bits per heavy atom. The summed E-state index contributed by atoms with van der Waals surface area (Å²) < 4.78 is 0. The van der Waals surface area contributed by atoms with Crippen molar-refractivity contribution in [1.29, 1.82) is 0 Å². The topological polar surface area (TPSA) is 70.1 Å². The highest BCUT2D eigenvalue weighted by molar-refractivity contribution is 5.47. The highest BCUT2D eigenvalue weighted by Gasteiger charge is 2.17. The Balaban J connectivity index is 2.65. The van der Waals surface area contributed by atoms with Crippen LogP contribution in [0, 0.1) is 12.3 Å². The number of anilines is 2. The maximum absolute atomic E-state index is 9.02. The molecule has 1 aromatic rings. The molecule has 0 radical (unpaired) electrons. The van der Waals surface area contributed by atoms with E-state index in [1.165, 1.54) is 0 Å². The van der Waals surface area contributed by atoms with E-state index in [0.29, 0.717) is 0 Å². The Bertz CT molecular complexity index is 393. The van der Waals surface area contributed by atoms with E-state index in [4.69, 9.17) is 5.11 Å². The number of aliphatic hydroxyl groups is 1. The third-order valence-electron chi connectivity index (χ3n) is 2.93. The highest BCUT2D eigenvalue weighted by Crippen LogP contribution is 2.21. The van der Waals surface area contributed by atoms with Crippen LogP contribution in [0.3, 0.4) is 0 Å². The Hall–Kier alpha value is -1.36. The van der Waals surface area contributed by atoms with Crippen molar-refractivity contribution in [3.05, 3.63) is 11.9 Å². The molecule has 1 heterocycles. The largest absolute Gasteiger partial charge is 0.396 e. The molecule has 5 heteroatoms. The highest BCUT2D eigenvalue weighted by atomic mass is 16.3. The van der Waals surface area contributed by atoms with Crippen LogP contribution in [0.4, 0.5) is 11.6 Å². The zero-order valence-corrected chi connectivity index (χ0v) is 12.5. The maximum atomic E-state index is 9.02. The number of hydrogen-bond acceptors (Lipinski definition) is 5. The minimum atomic E-state index is 0.0462. The van der Waals surface area contributed by atoms with Gasteiger partial charge < -0.3 is 15.7 Å². The van der Waals surface area contributed by atoms with E-state index in [1.807, 2.05) is 13.0 Å². The molecule has 0 spiro atoms. The summed E-state index contributed by atoms with van der Waals surface area (Å²) >= 11 is 0.